The predicted molar refractivity (Wildman–Crippen MR) is 59.8 cm³/mol. The van der Waals surface area contributed by atoms with Crippen LogP contribution < -0.4 is 4.43 Å². The van der Waals surface area contributed by atoms with Crippen LogP contribution in [0, 0.1) is 0 Å². The average Bonchev–Trinajstić information content (AvgIpc) is 2.83. The van der Waals surface area contributed by atoms with E-state index in [2.05, 4.69) is 8.84 Å². The maximum absolute atomic E-state index is 10.1. The molecule has 2 rings (SSSR count). The second kappa shape index (κ2) is 7.13. The Morgan fingerprint density at radius 1 is 1.18 bits per heavy atom. The van der Waals surface area contributed by atoms with Gasteiger partial charge in [-0.15, -0.1) is 0 Å². The summed E-state index contributed by atoms with van der Waals surface area (Å²) < 4.78 is 19.3. The van der Waals surface area contributed by atoms with Gasteiger partial charge in [0.15, 0.2) is 12.0 Å². The molecule has 0 saturated carbocycles. The number of benzene rings is 1. The van der Waals surface area contributed by atoms with E-state index in [1.165, 1.54) is 6.26 Å². The summed E-state index contributed by atoms with van der Waals surface area (Å²) >= 11 is 0. The molecular weight excluding hydrogens is 240 g/mol. The van der Waals surface area contributed by atoms with Crippen LogP contribution in [0.5, 0.6) is 5.75 Å². The molecule has 88 valence electrons. The van der Waals surface area contributed by atoms with Crippen molar-refractivity contribution >= 4 is 15.5 Å². The van der Waals surface area contributed by atoms with Crippen molar-refractivity contribution in [2.24, 2.45) is 0 Å². The van der Waals surface area contributed by atoms with Gasteiger partial charge in [-0.25, -0.2) is 0 Å². The van der Waals surface area contributed by atoms with E-state index < -0.39 is 9.17 Å². The number of furan rings is 1. The molecule has 6 heteroatoms. The first-order valence-electron chi connectivity index (χ1n) is 4.67. The molecule has 2 aromatic rings. The number of para-hydroxylation sites is 1. The van der Waals surface area contributed by atoms with E-state index >= 15 is 0 Å². The smallest absolute Gasteiger partial charge is 0.511 e. The molecule has 0 aliphatic heterocycles. The molecule has 0 unspecified atom stereocenters. The maximum Gasteiger partial charge on any atom is 0.770 e. The largest absolute Gasteiger partial charge is 0.770 e. The van der Waals surface area contributed by atoms with Crippen LogP contribution in [0.3, 0.4) is 0 Å². The number of carbonyl (C=O) groups is 1. The fraction of sp³-hybridized carbons (Fsp3) is 0. The summed E-state index contributed by atoms with van der Waals surface area (Å²) in [7, 11) is -2.84. The first kappa shape index (κ1) is 12.9. The van der Waals surface area contributed by atoms with E-state index in [1.807, 2.05) is 0 Å². The molecule has 1 heterocycles. The van der Waals surface area contributed by atoms with Crippen molar-refractivity contribution in [2.45, 2.75) is 0 Å². The Morgan fingerprint density at radius 3 is 2.29 bits per heavy atom. The molecule has 0 amide bonds. The van der Waals surface area contributed by atoms with Gasteiger partial charge in [-0.1, -0.05) is 18.2 Å². The topological polar surface area (TPSA) is 76.7 Å². The zero-order chi connectivity index (χ0) is 12.5. The van der Waals surface area contributed by atoms with Gasteiger partial charge in [-0.2, -0.15) is 0 Å². The monoisotopic (exact) mass is 250 g/mol. The lowest BCUT2D eigenvalue weighted by molar-refractivity contribution is 0.110. The molecule has 1 aromatic heterocycles. The van der Waals surface area contributed by atoms with Crippen molar-refractivity contribution in [1.29, 1.82) is 0 Å². The van der Waals surface area contributed by atoms with Crippen LogP contribution in [0.4, 0.5) is 0 Å². The molecular formula is C11H10O5Si. The molecule has 0 fully saturated rings. The predicted octanol–water partition coefficient (Wildman–Crippen LogP) is 1.57. The highest BCUT2D eigenvalue weighted by molar-refractivity contribution is 6.25. The number of carbonyl (C=O) groups excluding carboxylic acids is 1. The van der Waals surface area contributed by atoms with Crippen molar-refractivity contribution in [3.05, 3.63) is 54.5 Å². The lowest BCUT2D eigenvalue weighted by atomic mass is 10.3. The standard InChI is InChI=1S/C6H6O3Si.C5H4O2/c7-10(8)9-6-4-2-1-3-5-6;6-4-5-2-1-3-7-5/h1-5,7H;1-4H. The minimum Gasteiger partial charge on any atom is -0.511 e. The lowest BCUT2D eigenvalue weighted by Crippen LogP contribution is -2.08. The molecule has 0 bridgehead atoms. The highest BCUT2D eigenvalue weighted by atomic mass is 28.3. The van der Waals surface area contributed by atoms with Gasteiger partial charge in [0, 0.05) is 0 Å². The lowest BCUT2D eigenvalue weighted by Gasteiger charge is -1.95. The second-order valence-electron chi connectivity index (χ2n) is 2.81. The van der Waals surface area contributed by atoms with Crippen LogP contribution in [-0.2, 0) is 4.46 Å². The van der Waals surface area contributed by atoms with Gasteiger partial charge in [0.2, 0.25) is 0 Å². The first-order valence-corrected chi connectivity index (χ1v) is 5.93. The number of rotatable bonds is 3. The fourth-order valence-electron chi connectivity index (χ4n) is 0.948. The summed E-state index contributed by atoms with van der Waals surface area (Å²) in [5.74, 6) is 0.800. The Labute approximate surface area is 99.2 Å². The number of aldehydes is 1. The Morgan fingerprint density at radius 2 is 1.88 bits per heavy atom. The summed E-state index contributed by atoms with van der Waals surface area (Å²) in [5, 5.41) is 0. The zero-order valence-corrected chi connectivity index (χ0v) is 9.78. The van der Waals surface area contributed by atoms with Gasteiger partial charge in [-0.05, 0) is 24.3 Å². The van der Waals surface area contributed by atoms with E-state index in [0.29, 0.717) is 17.8 Å². The van der Waals surface area contributed by atoms with E-state index in [1.54, 1.807) is 42.5 Å². The van der Waals surface area contributed by atoms with Gasteiger partial charge >= 0.3 is 9.17 Å². The molecule has 0 aliphatic carbocycles. The fourth-order valence-corrected chi connectivity index (χ4v) is 1.29. The normalized spacial score (nSPS) is 8.71. The summed E-state index contributed by atoms with van der Waals surface area (Å²) in [6, 6.07) is 11.8. The van der Waals surface area contributed by atoms with Crippen LogP contribution in [0.15, 0.2) is 53.1 Å². The van der Waals surface area contributed by atoms with Gasteiger partial charge < -0.3 is 13.6 Å². The summed E-state index contributed by atoms with van der Waals surface area (Å²) in [4.78, 5) is 18.1. The van der Waals surface area contributed by atoms with Gasteiger partial charge in [-0.3, -0.25) is 9.26 Å². The zero-order valence-electron chi connectivity index (χ0n) is 8.78. The maximum atomic E-state index is 10.1. The highest BCUT2D eigenvalue weighted by Crippen LogP contribution is 2.06. The Bertz CT molecular complexity index is 452. The average molecular weight is 250 g/mol. The highest BCUT2D eigenvalue weighted by Gasteiger charge is 2.03. The van der Waals surface area contributed by atoms with E-state index in [-0.39, 0.29) is 0 Å². The molecule has 0 atom stereocenters. The summed E-state index contributed by atoms with van der Waals surface area (Å²) in [5.41, 5.74) is 0. The van der Waals surface area contributed by atoms with Gasteiger partial charge in [0.1, 0.15) is 5.75 Å². The molecule has 17 heavy (non-hydrogen) atoms. The third-order valence-corrected chi connectivity index (χ3v) is 2.02. The van der Waals surface area contributed by atoms with Gasteiger partial charge in [0.25, 0.3) is 0 Å². The van der Waals surface area contributed by atoms with E-state index in [9.17, 15) is 9.26 Å². The quantitative estimate of drug-likeness (QED) is 0.661. The van der Waals surface area contributed by atoms with Crippen molar-refractivity contribution in [2.75, 3.05) is 0 Å². The summed E-state index contributed by atoms with van der Waals surface area (Å²) in [6.45, 7) is 0. The Hall–Kier alpha value is -2.21. The molecule has 1 aromatic carbocycles. The molecule has 0 radical (unpaired) electrons. The first-order chi connectivity index (χ1) is 8.22. The van der Waals surface area contributed by atoms with Crippen molar-refractivity contribution < 1.29 is 22.9 Å². The summed E-state index contributed by atoms with van der Waals surface area (Å²) in [6.07, 6.45) is 2.13. The third kappa shape index (κ3) is 5.43. The Kier molecular flexibility index (Phi) is 5.39. The van der Waals surface area contributed by atoms with Crippen molar-refractivity contribution in [3.63, 3.8) is 0 Å². The van der Waals surface area contributed by atoms with Crippen molar-refractivity contribution in [1.82, 2.24) is 0 Å². The molecule has 0 saturated heterocycles. The number of hydrogen-bond donors (Lipinski definition) is 1. The van der Waals surface area contributed by atoms with Crippen LogP contribution >= 0.6 is 0 Å². The van der Waals surface area contributed by atoms with Crippen LogP contribution in [0.25, 0.3) is 0 Å². The minimum absolute atomic E-state index is 0.375. The third-order valence-electron chi connectivity index (χ3n) is 1.61. The van der Waals surface area contributed by atoms with Crippen molar-refractivity contribution in [3.8, 4) is 5.75 Å². The van der Waals surface area contributed by atoms with Gasteiger partial charge in [0.05, 0.1) is 6.26 Å². The van der Waals surface area contributed by atoms with Crippen LogP contribution in [0.1, 0.15) is 10.6 Å². The molecule has 5 nitrogen and oxygen atoms in total. The SMILES string of the molecule is O=Cc1ccco1.O=[Si](O)Oc1ccccc1. The minimum atomic E-state index is -2.84. The second-order valence-corrected chi connectivity index (χ2v) is 3.55. The van der Waals surface area contributed by atoms with E-state index in [0.717, 1.165) is 0 Å². The number of hydrogen-bond acceptors (Lipinski definition) is 4. The molecule has 0 spiro atoms. The Balaban J connectivity index is 0.000000181. The van der Waals surface area contributed by atoms with Crippen LogP contribution in [0.2, 0.25) is 0 Å². The van der Waals surface area contributed by atoms with E-state index in [4.69, 9.17) is 4.80 Å². The van der Waals surface area contributed by atoms with Crippen LogP contribution in [-0.4, -0.2) is 20.3 Å². The molecule has 1 N–H and O–H groups in total. The molecule has 0 aliphatic rings.